The Morgan fingerprint density at radius 2 is 0.684 bits per heavy atom. The van der Waals surface area contributed by atoms with Crippen LogP contribution in [0, 0.1) is 0 Å². The minimum absolute atomic E-state index is 0. The van der Waals surface area contributed by atoms with Crippen LogP contribution < -0.4 is 69.8 Å². The van der Waals surface area contributed by atoms with E-state index in [-0.39, 0.29) is 91.1 Å². The van der Waals surface area contributed by atoms with E-state index >= 15 is 0 Å². The molecule has 38 heavy (non-hydrogen) atoms. The zero-order chi connectivity index (χ0) is 25.3. The Labute approximate surface area is 276 Å². The molecular formula is C26H62Cl2N8Pt2+2. The molecule has 0 aromatic heterocycles. The standard InChI is InChI=1S/C14H34N4.2C6H14N2.2ClH.2Pt/c15-9-5-1-3-7-11-17-13-14-18-12-8-4-2-6-10-16;2*7-5-3-1-2-4-6(5)8;;;;/h17-18H,1-16H2;2*5-6H,1-4,7-8H2;2*1H;;/q;;;;;2*+2/p-2/t;2*5-,6-;;;;/m.11..../s1. The van der Waals surface area contributed by atoms with E-state index in [4.69, 9.17) is 34.4 Å². The first kappa shape index (κ1) is 49.3. The van der Waals surface area contributed by atoms with Gasteiger partial charge in [-0.3, -0.25) is 0 Å². The van der Waals surface area contributed by atoms with Gasteiger partial charge in [-0.25, -0.2) is 0 Å². The molecule has 0 aromatic carbocycles. The van der Waals surface area contributed by atoms with Crippen molar-refractivity contribution in [2.75, 3.05) is 39.3 Å². The molecule has 0 saturated heterocycles. The average Bonchev–Trinajstić information content (AvgIpc) is 2.84. The van der Waals surface area contributed by atoms with E-state index in [9.17, 15) is 0 Å². The topological polar surface area (TPSA) is 180 Å². The first-order valence-corrected chi connectivity index (χ1v) is 14.4. The third-order valence-electron chi connectivity index (χ3n) is 6.84. The Kier molecular flexibility index (Phi) is 50.1. The van der Waals surface area contributed by atoms with Gasteiger partial charge in [-0.2, -0.15) is 0 Å². The van der Waals surface area contributed by atoms with Crippen LogP contribution in [0.1, 0.15) is 103 Å². The van der Waals surface area contributed by atoms with Crippen molar-refractivity contribution in [2.24, 2.45) is 34.4 Å². The van der Waals surface area contributed by atoms with E-state index in [1.165, 1.54) is 77.0 Å². The van der Waals surface area contributed by atoms with Crippen LogP contribution in [-0.2, 0) is 42.1 Å². The first-order chi connectivity index (χ1) is 16.5. The van der Waals surface area contributed by atoms with Crippen molar-refractivity contribution in [2.45, 2.75) is 127 Å². The molecule has 0 spiro atoms. The van der Waals surface area contributed by atoms with Gasteiger partial charge in [0, 0.05) is 37.3 Å². The van der Waals surface area contributed by atoms with Gasteiger partial charge in [0.05, 0.1) is 0 Å². The van der Waals surface area contributed by atoms with E-state index in [2.05, 4.69) is 10.6 Å². The molecule has 238 valence electrons. The molecule has 0 heterocycles. The molecule has 2 fully saturated rings. The predicted octanol–water partition coefficient (Wildman–Crippen LogP) is -4.36. The van der Waals surface area contributed by atoms with Crippen LogP contribution in [0.15, 0.2) is 0 Å². The van der Waals surface area contributed by atoms with Crippen molar-refractivity contribution in [3.05, 3.63) is 0 Å². The molecule has 8 nitrogen and oxygen atoms in total. The maximum atomic E-state index is 5.65. The largest absolute Gasteiger partial charge is 2.00 e. The van der Waals surface area contributed by atoms with Gasteiger partial charge in [0.2, 0.25) is 0 Å². The number of halogens is 2. The van der Waals surface area contributed by atoms with E-state index < -0.39 is 0 Å². The van der Waals surface area contributed by atoms with Crippen LogP contribution in [0.4, 0.5) is 0 Å². The van der Waals surface area contributed by atoms with Gasteiger partial charge < -0.3 is 69.8 Å². The molecule has 2 rings (SSSR count). The molecule has 4 atom stereocenters. The zero-order valence-corrected chi connectivity index (χ0v) is 29.8. The number of hydrogen-bond donors (Lipinski definition) is 8. The first-order valence-electron chi connectivity index (χ1n) is 14.4. The van der Waals surface area contributed by atoms with Crippen LogP contribution in [0.2, 0.25) is 0 Å². The molecule has 2 aliphatic rings. The Morgan fingerprint density at radius 3 is 0.921 bits per heavy atom. The summed E-state index contributed by atoms with van der Waals surface area (Å²) >= 11 is 0. The number of hydrogen-bond acceptors (Lipinski definition) is 8. The van der Waals surface area contributed by atoms with Crippen molar-refractivity contribution in [1.82, 2.24) is 10.6 Å². The summed E-state index contributed by atoms with van der Waals surface area (Å²) in [4.78, 5) is 0. The van der Waals surface area contributed by atoms with Crippen LogP contribution in [0.5, 0.6) is 0 Å². The fourth-order valence-electron chi connectivity index (χ4n) is 4.30. The molecule has 2 aliphatic carbocycles. The summed E-state index contributed by atoms with van der Waals surface area (Å²) in [6, 6.07) is 1.12. The van der Waals surface area contributed by atoms with Crippen LogP contribution in [0.3, 0.4) is 0 Å². The molecule has 0 amide bonds. The minimum Gasteiger partial charge on any atom is -1.00 e. The fourth-order valence-corrected chi connectivity index (χ4v) is 4.30. The number of rotatable bonds is 15. The van der Waals surface area contributed by atoms with Crippen molar-refractivity contribution in [1.29, 1.82) is 0 Å². The zero-order valence-electron chi connectivity index (χ0n) is 23.7. The van der Waals surface area contributed by atoms with Crippen LogP contribution in [0.25, 0.3) is 0 Å². The van der Waals surface area contributed by atoms with E-state index in [0.29, 0.717) is 0 Å². The molecule has 0 unspecified atom stereocenters. The van der Waals surface area contributed by atoms with E-state index in [1.54, 1.807) is 0 Å². The van der Waals surface area contributed by atoms with E-state index in [0.717, 1.165) is 65.0 Å². The monoisotopic (exact) mass is 946 g/mol. The van der Waals surface area contributed by atoms with Gasteiger partial charge in [0.1, 0.15) is 0 Å². The van der Waals surface area contributed by atoms with Crippen molar-refractivity contribution in [3.8, 4) is 0 Å². The third-order valence-corrected chi connectivity index (χ3v) is 6.84. The summed E-state index contributed by atoms with van der Waals surface area (Å²) in [7, 11) is 0. The summed E-state index contributed by atoms with van der Waals surface area (Å²) in [5, 5.41) is 6.93. The molecule has 0 bridgehead atoms. The number of nitrogens with two attached hydrogens (primary N) is 6. The summed E-state index contributed by atoms with van der Waals surface area (Å²) in [6.07, 6.45) is 19.7. The molecule has 0 aromatic rings. The SMILES string of the molecule is NCCCCCCNCCNCCCCCCN.N[C@@H]1CCCC[C@H]1N.N[C@@H]1CCCC[C@H]1N.[Cl-].[Cl-].[Pt+2].[Pt+2]. The van der Waals surface area contributed by atoms with Crippen LogP contribution in [-0.4, -0.2) is 63.4 Å². The van der Waals surface area contributed by atoms with E-state index in [1.807, 2.05) is 0 Å². The maximum Gasteiger partial charge on any atom is 2.00 e. The third kappa shape index (κ3) is 33.8. The van der Waals surface area contributed by atoms with Crippen molar-refractivity contribution >= 4 is 0 Å². The Hall–Kier alpha value is 1.64. The smallest absolute Gasteiger partial charge is 1.00 e. The number of nitrogens with one attached hydrogen (secondary N) is 2. The van der Waals surface area contributed by atoms with Gasteiger partial charge in [-0.15, -0.1) is 0 Å². The van der Waals surface area contributed by atoms with Gasteiger partial charge in [0.25, 0.3) is 0 Å². The van der Waals surface area contributed by atoms with Crippen molar-refractivity contribution in [3.63, 3.8) is 0 Å². The Balaban J connectivity index is -0.000000152. The fraction of sp³-hybridized carbons (Fsp3) is 1.00. The quantitative estimate of drug-likeness (QED) is 0.0760. The van der Waals surface area contributed by atoms with Crippen LogP contribution >= 0.6 is 0 Å². The second-order valence-corrected chi connectivity index (χ2v) is 10.1. The molecule has 0 radical (unpaired) electrons. The molecule has 12 heteroatoms. The summed E-state index contributed by atoms with van der Waals surface area (Å²) in [6.45, 7) is 6.12. The normalized spacial score (nSPS) is 21.9. The molecule has 14 N–H and O–H groups in total. The second kappa shape index (κ2) is 38.6. The molecule has 2 saturated carbocycles. The summed E-state index contributed by atoms with van der Waals surface area (Å²) in [5.41, 5.74) is 33.5. The summed E-state index contributed by atoms with van der Waals surface area (Å²) < 4.78 is 0. The predicted molar refractivity (Wildman–Crippen MR) is 150 cm³/mol. The van der Waals surface area contributed by atoms with Gasteiger partial charge in [-0.1, -0.05) is 51.4 Å². The van der Waals surface area contributed by atoms with Gasteiger partial charge in [0.15, 0.2) is 0 Å². The van der Waals surface area contributed by atoms with Crippen molar-refractivity contribution < 1.29 is 66.9 Å². The number of unbranched alkanes of at least 4 members (excludes halogenated alkanes) is 6. The maximum absolute atomic E-state index is 5.65. The Bertz CT molecular complexity index is 365. The molecular weight excluding hydrogens is 885 g/mol. The van der Waals surface area contributed by atoms with Gasteiger partial charge >= 0.3 is 42.1 Å². The van der Waals surface area contributed by atoms with Gasteiger partial charge in [-0.05, 0) is 77.5 Å². The second-order valence-electron chi connectivity index (χ2n) is 10.1. The Morgan fingerprint density at radius 1 is 0.421 bits per heavy atom. The molecule has 0 aliphatic heterocycles. The minimum atomic E-state index is 0. The average molecular weight is 948 g/mol. The summed E-state index contributed by atoms with van der Waals surface area (Å²) in [5.74, 6) is 0.